The molecule has 124 valence electrons. The minimum atomic E-state index is -0.595. The fourth-order valence-electron chi connectivity index (χ4n) is 2.10. The second-order valence-corrected chi connectivity index (χ2v) is 5.34. The number of fused-ring (bicyclic) bond motifs is 1. The number of ether oxygens (including phenoxy) is 2. The molecule has 2 aromatic rings. The van der Waals surface area contributed by atoms with Gasteiger partial charge >= 0.3 is 6.03 Å². The molecule has 1 heterocycles. The Hall–Kier alpha value is -2.93. The van der Waals surface area contributed by atoms with Crippen molar-refractivity contribution in [1.29, 1.82) is 0 Å². The van der Waals surface area contributed by atoms with Crippen LogP contribution in [0.15, 0.2) is 42.5 Å². The highest BCUT2D eigenvalue weighted by molar-refractivity contribution is 6.30. The number of hydrazine groups is 1. The van der Waals surface area contributed by atoms with Gasteiger partial charge in [0.1, 0.15) is 13.2 Å². The lowest BCUT2D eigenvalue weighted by atomic mass is 10.2. The standard InChI is InChI=1S/C16H14ClN3O4/c17-11-3-1-2-10(8-11)15(21)19-20-16(22)18-12-4-5-13-14(9-12)24-7-6-23-13/h1-5,8-9H,6-7H2,(H,19,21)(H2,18,20,22). The van der Waals surface area contributed by atoms with Crippen molar-refractivity contribution >= 4 is 29.2 Å². The van der Waals surface area contributed by atoms with Crippen molar-refractivity contribution in [3.63, 3.8) is 0 Å². The first-order chi connectivity index (χ1) is 11.6. The van der Waals surface area contributed by atoms with Gasteiger partial charge in [0.2, 0.25) is 0 Å². The van der Waals surface area contributed by atoms with Gasteiger partial charge in [-0.2, -0.15) is 0 Å². The average Bonchev–Trinajstić information content (AvgIpc) is 2.59. The molecule has 3 N–H and O–H groups in total. The van der Waals surface area contributed by atoms with Crippen LogP contribution in [0.25, 0.3) is 0 Å². The van der Waals surface area contributed by atoms with Crippen LogP contribution in [0.1, 0.15) is 10.4 Å². The molecule has 0 saturated carbocycles. The number of amides is 3. The van der Waals surface area contributed by atoms with Crippen LogP contribution >= 0.6 is 11.6 Å². The van der Waals surface area contributed by atoms with E-state index in [-0.39, 0.29) is 0 Å². The van der Waals surface area contributed by atoms with Gasteiger partial charge in [0.15, 0.2) is 11.5 Å². The van der Waals surface area contributed by atoms with Crippen LogP contribution in [0.3, 0.4) is 0 Å². The highest BCUT2D eigenvalue weighted by Gasteiger charge is 2.13. The predicted molar refractivity (Wildman–Crippen MR) is 88.5 cm³/mol. The van der Waals surface area contributed by atoms with E-state index in [9.17, 15) is 9.59 Å². The summed E-state index contributed by atoms with van der Waals surface area (Å²) in [6, 6.07) is 10.8. The van der Waals surface area contributed by atoms with Gasteiger partial charge in [0.25, 0.3) is 5.91 Å². The molecular formula is C16H14ClN3O4. The molecule has 0 radical (unpaired) electrons. The van der Waals surface area contributed by atoms with Crippen molar-refractivity contribution in [2.45, 2.75) is 0 Å². The lowest BCUT2D eigenvalue weighted by Gasteiger charge is -2.19. The van der Waals surface area contributed by atoms with Crippen LogP contribution in [-0.2, 0) is 0 Å². The molecule has 0 aromatic heterocycles. The van der Waals surface area contributed by atoms with Crippen LogP contribution < -0.4 is 25.6 Å². The molecule has 0 spiro atoms. The lowest BCUT2D eigenvalue weighted by molar-refractivity contribution is 0.0938. The minimum absolute atomic E-state index is 0.335. The van der Waals surface area contributed by atoms with E-state index in [1.54, 1.807) is 36.4 Å². The summed E-state index contributed by atoms with van der Waals surface area (Å²) in [7, 11) is 0. The summed E-state index contributed by atoms with van der Waals surface area (Å²) in [6.45, 7) is 0.953. The number of benzene rings is 2. The smallest absolute Gasteiger partial charge is 0.337 e. The number of hydrogen-bond donors (Lipinski definition) is 3. The second-order valence-electron chi connectivity index (χ2n) is 4.90. The summed E-state index contributed by atoms with van der Waals surface area (Å²) in [5.41, 5.74) is 5.40. The Balaban J connectivity index is 1.55. The third-order valence-electron chi connectivity index (χ3n) is 3.18. The second kappa shape index (κ2) is 7.10. The van der Waals surface area contributed by atoms with E-state index in [0.717, 1.165) is 0 Å². The van der Waals surface area contributed by atoms with Gasteiger partial charge in [-0.1, -0.05) is 17.7 Å². The third-order valence-corrected chi connectivity index (χ3v) is 3.41. The topological polar surface area (TPSA) is 88.7 Å². The molecule has 0 saturated heterocycles. The van der Waals surface area contributed by atoms with E-state index in [0.29, 0.717) is 41.0 Å². The number of carbonyl (C=O) groups is 2. The van der Waals surface area contributed by atoms with Gasteiger partial charge in [-0.25, -0.2) is 10.2 Å². The largest absolute Gasteiger partial charge is 0.486 e. The SMILES string of the molecule is O=C(NNC(=O)c1cccc(Cl)c1)Nc1ccc2c(c1)OCCO2. The number of halogens is 1. The van der Waals surface area contributed by atoms with Gasteiger partial charge in [-0.05, 0) is 30.3 Å². The van der Waals surface area contributed by atoms with Crippen molar-refractivity contribution in [2.75, 3.05) is 18.5 Å². The van der Waals surface area contributed by atoms with E-state index in [1.165, 1.54) is 6.07 Å². The maximum absolute atomic E-state index is 11.9. The quantitative estimate of drug-likeness (QED) is 0.728. The van der Waals surface area contributed by atoms with Gasteiger partial charge in [-0.15, -0.1) is 0 Å². The van der Waals surface area contributed by atoms with Crippen LogP contribution in [0.4, 0.5) is 10.5 Å². The Morgan fingerprint density at radius 1 is 0.958 bits per heavy atom. The molecule has 7 nitrogen and oxygen atoms in total. The Kier molecular flexibility index (Phi) is 4.72. The summed E-state index contributed by atoms with van der Waals surface area (Å²) in [5.74, 6) is 0.707. The summed E-state index contributed by atoms with van der Waals surface area (Å²) < 4.78 is 10.8. The molecule has 1 aliphatic rings. The molecule has 24 heavy (non-hydrogen) atoms. The number of anilines is 1. The maximum Gasteiger partial charge on any atom is 0.337 e. The minimum Gasteiger partial charge on any atom is -0.486 e. The van der Waals surface area contributed by atoms with Crippen molar-refractivity contribution in [3.8, 4) is 11.5 Å². The summed E-state index contributed by atoms with van der Waals surface area (Å²) in [5, 5.41) is 3.02. The summed E-state index contributed by atoms with van der Waals surface area (Å²) >= 11 is 5.82. The number of carbonyl (C=O) groups excluding carboxylic acids is 2. The van der Waals surface area contributed by atoms with E-state index in [2.05, 4.69) is 16.2 Å². The van der Waals surface area contributed by atoms with Crippen LogP contribution in [0.5, 0.6) is 11.5 Å². The number of urea groups is 1. The van der Waals surface area contributed by atoms with Crippen LogP contribution in [0, 0.1) is 0 Å². The molecule has 2 aromatic carbocycles. The Bertz CT molecular complexity index is 782. The summed E-state index contributed by atoms with van der Waals surface area (Å²) in [6.07, 6.45) is 0. The molecule has 1 aliphatic heterocycles. The van der Waals surface area contributed by atoms with Gasteiger partial charge in [-0.3, -0.25) is 10.2 Å². The van der Waals surface area contributed by atoms with Crippen LogP contribution in [-0.4, -0.2) is 25.2 Å². The van der Waals surface area contributed by atoms with E-state index < -0.39 is 11.9 Å². The molecular weight excluding hydrogens is 334 g/mol. The first kappa shape index (κ1) is 15.9. The lowest BCUT2D eigenvalue weighted by Crippen LogP contribution is -2.43. The molecule has 0 atom stereocenters. The Morgan fingerprint density at radius 3 is 2.54 bits per heavy atom. The third kappa shape index (κ3) is 3.88. The normalized spacial score (nSPS) is 12.2. The van der Waals surface area contributed by atoms with E-state index >= 15 is 0 Å². The van der Waals surface area contributed by atoms with Gasteiger partial charge in [0, 0.05) is 22.3 Å². The van der Waals surface area contributed by atoms with E-state index in [1.807, 2.05) is 0 Å². The Morgan fingerprint density at radius 2 is 1.75 bits per heavy atom. The number of rotatable bonds is 2. The van der Waals surface area contributed by atoms with Gasteiger partial charge < -0.3 is 14.8 Å². The molecule has 0 unspecified atom stereocenters. The highest BCUT2D eigenvalue weighted by atomic mass is 35.5. The van der Waals surface area contributed by atoms with Crippen molar-refractivity contribution in [1.82, 2.24) is 10.9 Å². The zero-order valence-corrected chi connectivity index (χ0v) is 13.2. The van der Waals surface area contributed by atoms with Crippen molar-refractivity contribution < 1.29 is 19.1 Å². The Labute approximate surface area is 142 Å². The fraction of sp³-hybridized carbons (Fsp3) is 0.125. The monoisotopic (exact) mass is 347 g/mol. The highest BCUT2D eigenvalue weighted by Crippen LogP contribution is 2.32. The fourth-order valence-corrected chi connectivity index (χ4v) is 2.29. The van der Waals surface area contributed by atoms with E-state index in [4.69, 9.17) is 21.1 Å². The molecule has 3 amide bonds. The van der Waals surface area contributed by atoms with Crippen molar-refractivity contribution in [2.24, 2.45) is 0 Å². The zero-order valence-electron chi connectivity index (χ0n) is 12.5. The molecule has 8 heteroatoms. The average molecular weight is 348 g/mol. The maximum atomic E-state index is 11.9. The van der Waals surface area contributed by atoms with Crippen molar-refractivity contribution in [3.05, 3.63) is 53.1 Å². The molecule has 3 rings (SSSR count). The first-order valence-corrected chi connectivity index (χ1v) is 7.52. The van der Waals surface area contributed by atoms with Gasteiger partial charge in [0.05, 0.1) is 0 Å². The molecule has 0 fully saturated rings. The zero-order chi connectivity index (χ0) is 16.9. The van der Waals surface area contributed by atoms with Crippen LogP contribution in [0.2, 0.25) is 5.02 Å². The number of nitrogens with one attached hydrogen (secondary N) is 3. The molecule has 0 bridgehead atoms. The first-order valence-electron chi connectivity index (χ1n) is 7.14. The summed E-state index contributed by atoms with van der Waals surface area (Å²) in [4.78, 5) is 23.7. The molecule has 0 aliphatic carbocycles. The number of hydrogen-bond acceptors (Lipinski definition) is 4. The predicted octanol–water partition coefficient (Wildman–Crippen LogP) is 2.58.